The summed E-state index contributed by atoms with van der Waals surface area (Å²) < 4.78 is 9.02. The first-order chi connectivity index (χ1) is 31.2. The zero-order chi connectivity index (χ0) is 44.8. The van der Waals surface area contributed by atoms with Gasteiger partial charge in [0.25, 0.3) is 0 Å². The maximum absolute atomic E-state index is 6.82. The first-order valence-electron chi connectivity index (χ1n) is 22.5. The van der Waals surface area contributed by atoms with E-state index in [1.165, 1.54) is 28.1 Å². The van der Waals surface area contributed by atoms with Crippen molar-refractivity contribution >= 4 is 61.6 Å². The van der Waals surface area contributed by atoms with Crippen molar-refractivity contribution in [1.82, 2.24) is 9.55 Å². The number of rotatable bonds is 6. The molecule has 332 valence electrons. The number of hydrogen-bond acceptors (Lipinski definition) is 5. The van der Waals surface area contributed by atoms with E-state index in [4.69, 9.17) is 9.72 Å². The summed E-state index contributed by atoms with van der Waals surface area (Å²) >= 11 is 0. The summed E-state index contributed by atoms with van der Waals surface area (Å²) in [5.41, 5.74) is 14.3. The molecule has 0 atom stereocenters. The summed E-state index contributed by atoms with van der Waals surface area (Å²) in [4.78, 5) is 11.8. The third-order valence-corrected chi connectivity index (χ3v) is 13.2. The van der Waals surface area contributed by atoms with E-state index in [0.29, 0.717) is 11.5 Å². The van der Waals surface area contributed by atoms with Crippen molar-refractivity contribution < 1.29 is 25.8 Å². The first kappa shape index (κ1) is 43.3. The second-order valence-electron chi connectivity index (χ2n) is 19.9. The number of ether oxygens (including phenoxy) is 1. The van der Waals surface area contributed by atoms with E-state index in [2.05, 4.69) is 245 Å². The molecule has 0 amide bonds. The molecule has 6 nitrogen and oxygen atoms in total. The number of nitrogens with zero attached hydrogens (tertiary/aromatic N) is 5. The van der Waals surface area contributed by atoms with Gasteiger partial charge in [0.15, 0.2) is 0 Å². The van der Waals surface area contributed by atoms with Crippen LogP contribution in [-0.2, 0) is 37.3 Å². The Morgan fingerprint density at radius 2 is 1.14 bits per heavy atom. The van der Waals surface area contributed by atoms with E-state index >= 15 is 0 Å². The van der Waals surface area contributed by atoms with Gasteiger partial charge in [0.05, 0.1) is 11.4 Å². The number of pyridine rings is 1. The van der Waals surface area contributed by atoms with Crippen molar-refractivity contribution in [2.24, 2.45) is 0 Å². The van der Waals surface area contributed by atoms with Crippen molar-refractivity contribution in [2.45, 2.75) is 71.6 Å². The van der Waals surface area contributed by atoms with Crippen LogP contribution in [0.2, 0.25) is 0 Å². The van der Waals surface area contributed by atoms with Gasteiger partial charge in [-0.05, 0) is 99.6 Å². The summed E-state index contributed by atoms with van der Waals surface area (Å²) in [5, 5.41) is 2.24. The standard InChI is InChI=1S/C59H52N5O.Pt/c1-57(2,3)39-31-32-60-56(35-39)64-50-20-12-9-17-46(50)47-30-29-44(37-55(47)64)65-45-34-40(58(4,5)6)33-43(36-45)62-38-61(53-23-15-16-24-54(53)62)41-25-27-42(28-26-41)63-51-21-13-10-18-48(51)59(7,8)49-19-11-14-22-52(49)63;/h9-35,38H,1-8H3;/q-3;. The summed E-state index contributed by atoms with van der Waals surface area (Å²) in [6, 6.07) is 63.7. The molecule has 2 aliphatic heterocycles. The second kappa shape index (κ2) is 16.1. The molecule has 2 aromatic heterocycles. The van der Waals surface area contributed by atoms with Crippen LogP contribution >= 0.6 is 0 Å². The van der Waals surface area contributed by atoms with E-state index in [-0.39, 0.29) is 37.3 Å². The molecule has 0 spiro atoms. The molecule has 0 radical (unpaired) electrons. The first-order valence-corrected chi connectivity index (χ1v) is 22.5. The molecule has 0 bridgehead atoms. The fourth-order valence-corrected chi connectivity index (χ4v) is 9.66. The zero-order valence-electron chi connectivity index (χ0n) is 38.6. The molecule has 0 N–H and O–H groups in total. The van der Waals surface area contributed by atoms with Crippen LogP contribution < -0.4 is 19.4 Å². The van der Waals surface area contributed by atoms with Crippen LogP contribution in [0.5, 0.6) is 11.5 Å². The fourth-order valence-electron chi connectivity index (χ4n) is 9.66. The molecule has 7 aromatic carbocycles. The predicted molar refractivity (Wildman–Crippen MR) is 268 cm³/mol. The molecule has 0 aliphatic carbocycles. The van der Waals surface area contributed by atoms with Crippen molar-refractivity contribution in [2.75, 3.05) is 14.7 Å². The molecule has 0 unspecified atom stereocenters. The van der Waals surface area contributed by atoms with Gasteiger partial charge in [0, 0.05) is 72.4 Å². The third kappa shape index (κ3) is 7.27. The minimum Gasteiger partial charge on any atom is -0.509 e. The fraction of sp³-hybridized carbons (Fsp3) is 0.186. The van der Waals surface area contributed by atoms with Crippen molar-refractivity contribution in [3.63, 3.8) is 0 Å². The van der Waals surface area contributed by atoms with Gasteiger partial charge in [0.1, 0.15) is 5.82 Å². The SMILES string of the molecule is CC(C)(C)c1cc(Oc2[c-]c3c(cc2)c2ccccc2n3-c2cc(C(C)(C)C)ccn2)[c-]c(N2[CH-]N(c3ccc(N4c5ccccc5C(C)(C)c5ccccc54)cc3)c3ccccc32)c1.[Pt]. The summed E-state index contributed by atoms with van der Waals surface area (Å²) in [6.45, 7) is 20.2. The summed E-state index contributed by atoms with van der Waals surface area (Å²) in [6.07, 6.45) is 1.91. The number of fused-ring (bicyclic) bond motifs is 6. The minimum absolute atomic E-state index is 0. The molecule has 2 aliphatic rings. The quantitative estimate of drug-likeness (QED) is 0.155. The Labute approximate surface area is 403 Å². The summed E-state index contributed by atoms with van der Waals surface area (Å²) in [7, 11) is 0. The molecule has 0 fully saturated rings. The monoisotopic (exact) mass is 1040 g/mol. The second-order valence-corrected chi connectivity index (χ2v) is 19.9. The molecule has 0 saturated carbocycles. The normalized spacial score (nSPS) is 14.2. The molecule has 0 saturated heterocycles. The smallest absolute Gasteiger partial charge is 0.135 e. The van der Waals surface area contributed by atoms with Crippen LogP contribution in [0.1, 0.15) is 77.6 Å². The number of aromatic nitrogens is 2. The number of benzene rings is 7. The van der Waals surface area contributed by atoms with Gasteiger partial charge in [-0.15, -0.1) is 53.6 Å². The Morgan fingerprint density at radius 1 is 0.545 bits per heavy atom. The van der Waals surface area contributed by atoms with Crippen molar-refractivity contribution in [3.05, 3.63) is 205 Å². The Kier molecular flexibility index (Phi) is 10.5. The zero-order valence-corrected chi connectivity index (χ0v) is 40.9. The minimum atomic E-state index is -0.165. The van der Waals surface area contributed by atoms with Crippen LogP contribution in [-0.4, -0.2) is 9.55 Å². The molecular weight excluding hydrogens is 990 g/mol. The van der Waals surface area contributed by atoms with Crippen LogP contribution in [0.3, 0.4) is 0 Å². The Bertz CT molecular complexity index is 3250. The maximum Gasteiger partial charge on any atom is 0.135 e. The number of hydrogen-bond donors (Lipinski definition) is 0. The average Bonchev–Trinajstić information content (AvgIpc) is 3.85. The van der Waals surface area contributed by atoms with Crippen LogP contribution in [0.25, 0.3) is 27.6 Å². The van der Waals surface area contributed by atoms with Crippen LogP contribution in [0.4, 0.5) is 39.8 Å². The van der Waals surface area contributed by atoms with E-state index in [1.807, 2.05) is 12.3 Å². The Balaban J connectivity index is 0.00000511. The average molecular weight is 1040 g/mol. The van der Waals surface area contributed by atoms with Gasteiger partial charge >= 0.3 is 0 Å². The summed E-state index contributed by atoms with van der Waals surface area (Å²) in [5.74, 6) is 2.09. The van der Waals surface area contributed by atoms with Gasteiger partial charge in [-0.2, -0.15) is 6.07 Å². The Morgan fingerprint density at radius 3 is 1.80 bits per heavy atom. The van der Waals surface area contributed by atoms with E-state index in [9.17, 15) is 0 Å². The van der Waals surface area contributed by atoms with E-state index < -0.39 is 0 Å². The Hall–Kier alpha value is -6.62. The van der Waals surface area contributed by atoms with Gasteiger partial charge in [-0.1, -0.05) is 128 Å². The van der Waals surface area contributed by atoms with Gasteiger partial charge in [-0.3, -0.25) is 0 Å². The van der Waals surface area contributed by atoms with Crippen LogP contribution in [0.15, 0.2) is 164 Å². The largest absolute Gasteiger partial charge is 0.509 e. The van der Waals surface area contributed by atoms with Gasteiger partial charge < -0.3 is 24.0 Å². The molecule has 9 aromatic rings. The molecule has 11 rings (SSSR count). The van der Waals surface area contributed by atoms with Crippen molar-refractivity contribution in [1.29, 1.82) is 0 Å². The third-order valence-electron chi connectivity index (χ3n) is 13.2. The van der Waals surface area contributed by atoms with E-state index in [1.54, 1.807) is 0 Å². The van der Waals surface area contributed by atoms with Gasteiger partial charge in [0.2, 0.25) is 0 Å². The topological polar surface area (TPSA) is 36.8 Å². The molecule has 66 heavy (non-hydrogen) atoms. The number of anilines is 7. The number of para-hydroxylation sites is 5. The maximum atomic E-state index is 6.82. The molecule has 7 heteroatoms. The predicted octanol–water partition coefficient (Wildman–Crippen LogP) is 15.7. The van der Waals surface area contributed by atoms with Gasteiger partial charge in [-0.25, -0.2) is 4.98 Å². The molecule has 4 heterocycles. The van der Waals surface area contributed by atoms with Crippen LogP contribution in [0, 0.1) is 18.8 Å². The van der Waals surface area contributed by atoms with E-state index in [0.717, 1.165) is 61.6 Å². The van der Waals surface area contributed by atoms with Crippen molar-refractivity contribution in [3.8, 4) is 17.3 Å². The molecular formula is C59H52N5OPt-3.